The fourth-order valence-corrected chi connectivity index (χ4v) is 0.727. The Morgan fingerprint density at radius 1 is 1.46 bits per heavy atom. The highest BCUT2D eigenvalue weighted by molar-refractivity contribution is 5.43. The summed E-state index contributed by atoms with van der Waals surface area (Å²) in [6, 6.07) is 0. The molecule has 0 fully saturated rings. The number of rotatable bonds is 2. The molecule has 2 N–H and O–H groups in total. The summed E-state index contributed by atoms with van der Waals surface area (Å²) in [5.74, 6) is 0.772. The van der Waals surface area contributed by atoms with Crippen molar-refractivity contribution in [3.63, 3.8) is 0 Å². The molecule has 1 heterocycles. The van der Waals surface area contributed by atoms with Crippen molar-refractivity contribution >= 4 is 12.3 Å². The second kappa shape index (κ2) is 7.09. The standard InChI is InChI=1S/C7H10N4.C2H6/c1-2-3-7-10-9-6-11(7)5-4-8;1-2/h2-6H,8H2,1H3;1-2H3/b3-2+,5-4-;. The monoisotopic (exact) mass is 180 g/mol. The topological polar surface area (TPSA) is 56.7 Å². The molecule has 1 rings (SSSR count). The molecule has 0 unspecified atom stereocenters. The first-order valence-electron chi connectivity index (χ1n) is 4.29. The summed E-state index contributed by atoms with van der Waals surface area (Å²) in [5.41, 5.74) is 5.20. The molecule has 1 aromatic heterocycles. The largest absolute Gasteiger partial charge is 0.403 e. The molecule has 72 valence electrons. The first kappa shape index (κ1) is 11.4. The van der Waals surface area contributed by atoms with Crippen molar-refractivity contribution in [1.82, 2.24) is 14.8 Å². The van der Waals surface area contributed by atoms with Crippen LogP contribution in [0.4, 0.5) is 0 Å². The summed E-state index contributed by atoms with van der Waals surface area (Å²) in [6.45, 7) is 5.92. The summed E-state index contributed by atoms with van der Waals surface area (Å²) < 4.78 is 1.74. The normalized spacial score (nSPS) is 10.4. The molecular formula is C9H16N4. The molecular weight excluding hydrogens is 164 g/mol. The van der Waals surface area contributed by atoms with Gasteiger partial charge in [-0.2, -0.15) is 0 Å². The third-order valence-electron chi connectivity index (χ3n) is 1.16. The number of aromatic nitrogens is 3. The molecule has 4 nitrogen and oxygen atoms in total. The molecule has 0 amide bonds. The number of nitrogens with zero attached hydrogens (tertiary/aromatic N) is 3. The van der Waals surface area contributed by atoms with Gasteiger partial charge in [-0.3, -0.25) is 4.57 Å². The molecule has 0 aromatic carbocycles. The van der Waals surface area contributed by atoms with Crippen LogP contribution in [0.5, 0.6) is 0 Å². The van der Waals surface area contributed by atoms with Crippen molar-refractivity contribution in [2.24, 2.45) is 5.73 Å². The van der Waals surface area contributed by atoms with Crippen molar-refractivity contribution in [3.05, 3.63) is 24.4 Å². The maximum Gasteiger partial charge on any atom is 0.160 e. The Bertz CT molecular complexity index is 246. The van der Waals surface area contributed by atoms with Gasteiger partial charge in [-0.15, -0.1) is 10.2 Å². The lowest BCUT2D eigenvalue weighted by Crippen LogP contribution is -1.89. The summed E-state index contributed by atoms with van der Waals surface area (Å²) in [6.07, 6.45) is 8.47. The van der Waals surface area contributed by atoms with E-state index in [2.05, 4.69) is 10.2 Å². The highest BCUT2D eigenvalue weighted by Gasteiger charge is 1.93. The average Bonchev–Trinajstić information content (AvgIpc) is 2.58. The molecule has 0 atom stereocenters. The predicted molar refractivity (Wildman–Crippen MR) is 55.6 cm³/mol. The van der Waals surface area contributed by atoms with Crippen LogP contribution in [0.2, 0.25) is 0 Å². The maximum atomic E-state index is 5.20. The van der Waals surface area contributed by atoms with Crippen LogP contribution in [0, 0.1) is 0 Å². The van der Waals surface area contributed by atoms with Gasteiger partial charge in [0, 0.05) is 12.4 Å². The second-order valence-electron chi connectivity index (χ2n) is 1.94. The zero-order chi connectivity index (χ0) is 10.1. The Labute approximate surface area is 78.8 Å². The highest BCUT2D eigenvalue weighted by Crippen LogP contribution is 1.97. The van der Waals surface area contributed by atoms with Crippen LogP contribution in [-0.4, -0.2) is 14.8 Å². The van der Waals surface area contributed by atoms with Gasteiger partial charge in [0.15, 0.2) is 5.82 Å². The molecule has 0 aliphatic carbocycles. The van der Waals surface area contributed by atoms with Crippen molar-refractivity contribution < 1.29 is 0 Å². The lowest BCUT2D eigenvalue weighted by molar-refractivity contribution is 1.07. The molecule has 4 heteroatoms. The first-order chi connectivity index (χ1) is 6.38. The van der Waals surface area contributed by atoms with Gasteiger partial charge in [0.25, 0.3) is 0 Å². The van der Waals surface area contributed by atoms with Crippen LogP contribution in [0.15, 0.2) is 18.6 Å². The van der Waals surface area contributed by atoms with Gasteiger partial charge in [-0.25, -0.2) is 0 Å². The Hall–Kier alpha value is -1.58. The molecule has 0 aliphatic heterocycles. The Morgan fingerprint density at radius 3 is 2.69 bits per heavy atom. The molecule has 13 heavy (non-hydrogen) atoms. The third-order valence-corrected chi connectivity index (χ3v) is 1.16. The Morgan fingerprint density at radius 2 is 2.15 bits per heavy atom. The van der Waals surface area contributed by atoms with Crippen LogP contribution < -0.4 is 5.73 Å². The van der Waals surface area contributed by atoms with E-state index in [1.165, 1.54) is 6.20 Å². The van der Waals surface area contributed by atoms with Crippen molar-refractivity contribution in [1.29, 1.82) is 0 Å². The first-order valence-corrected chi connectivity index (χ1v) is 4.29. The van der Waals surface area contributed by atoms with E-state index in [9.17, 15) is 0 Å². The van der Waals surface area contributed by atoms with E-state index in [0.717, 1.165) is 5.82 Å². The molecule has 0 aliphatic rings. The Kier molecular flexibility index (Phi) is 6.23. The number of allylic oxidation sites excluding steroid dienone is 1. The molecule has 0 radical (unpaired) electrons. The van der Waals surface area contributed by atoms with Gasteiger partial charge in [0.2, 0.25) is 0 Å². The van der Waals surface area contributed by atoms with E-state index < -0.39 is 0 Å². The maximum absolute atomic E-state index is 5.20. The van der Waals surface area contributed by atoms with Crippen molar-refractivity contribution in [3.8, 4) is 0 Å². The predicted octanol–water partition coefficient (Wildman–Crippen LogP) is 1.72. The molecule has 0 spiro atoms. The van der Waals surface area contributed by atoms with Gasteiger partial charge in [-0.1, -0.05) is 19.9 Å². The zero-order valence-corrected chi connectivity index (χ0v) is 8.31. The van der Waals surface area contributed by atoms with Gasteiger partial charge in [-0.05, 0) is 13.0 Å². The van der Waals surface area contributed by atoms with E-state index in [-0.39, 0.29) is 0 Å². The van der Waals surface area contributed by atoms with Gasteiger partial charge in [0.1, 0.15) is 6.33 Å². The van der Waals surface area contributed by atoms with Crippen LogP contribution in [0.3, 0.4) is 0 Å². The Balaban J connectivity index is 0.000000671. The number of hydrogen-bond donors (Lipinski definition) is 1. The third kappa shape index (κ3) is 3.55. The van der Waals surface area contributed by atoms with Crippen molar-refractivity contribution in [2.75, 3.05) is 0 Å². The minimum absolute atomic E-state index is 0.772. The van der Waals surface area contributed by atoms with E-state index in [1.54, 1.807) is 17.1 Å². The minimum Gasteiger partial charge on any atom is -0.403 e. The lowest BCUT2D eigenvalue weighted by atomic mass is 10.5. The van der Waals surface area contributed by atoms with Crippen molar-refractivity contribution in [2.45, 2.75) is 20.8 Å². The molecule has 1 aromatic rings. The quantitative estimate of drug-likeness (QED) is 0.754. The molecule has 0 saturated heterocycles. The minimum atomic E-state index is 0.772. The van der Waals surface area contributed by atoms with Crippen LogP contribution in [-0.2, 0) is 0 Å². The van der Waals surface area contributed by atoms with Crippen LogP contribution in [0.25, 0.3) is 12.3 Å². The van der Waals surface area contributed by atoms with Crippen LogP contribution >= 0.6 is 0 Å². The lowest BCUT2D eigenvalue weighted by Gasteiger charge is -1.91. The van der Waals surface area contributed by atoms with E-state index in [0.29, 0.717) is 0 Å². The summed E-state index contributed by atoms with van der Waals surface area (Å²) in [4.78, 5) is 0. The van der Waals surface area contributed by atoms with E-state index >= 15 is 0 Å². The fourth-order valence-electron chi connectivity index (χ4n) is 0.727. The van der Waals surface area contributed by atoms with Crippen LogP contribution in [0.1, 0.15) is 26.6 Å². The van der Waals surface area contributed by atoms with Gasteiger partial charge in [0.05, 0.1) is 0 Å². The fraction of sp³-hybridized carbons (Fsp3) is 0.333. The second-order valence-corrected chi connectivity index (χ2v) is 1.94. The summed E-state index contributed by atoms with van der Waals surface area (Å²) in [5, 5.41) is 7.56. The zero-order valence-electron chi connectivity index (χ0n) is 8.31. The summed E-state index contributed by atoms with van der Waals surface area (Å²) in [7, 11) is 0. The number of nitrogens with two attached hydrogens (primary N) is 1. The van der Waals surface area contributed by atoms with Gasteiger partial charge < -0.3 is 5.73 Å². The highest BCUT2D eigenvalue weighted by atomic mass is 15.2. The number of hydrogen-bond acceptors (Lipinski definition) is 3. The average molecular weight is 180 g/mol. The van der Waals surface area contributed by atoms with E-state index in [1.807, 2.05) is 32.9 Å². The molecule has 0 bridgehead atoms. The smallest absolute Gasteiger partial charge is 0.160 e. The molecule has 0 saturated carbocycles. The van der Waals surface area contributed by atoms with Gasteiger partial charge >= 0.3 is 0 Å². The SMILES string of the molecule is C/C=C/c1nncn1/C=C\N.CC. The summed E-state index contributed by atoms with van der Waals surface area (Å²) >= 11 is 0. The van der Waals surface area contributed by atoms with E-state index in [4.69, 9.17) is 5.73 Å².